The highest BCUT2D eigenvalue weighted by atomic mass is 32.1. The van der Waals surface area contributed by atoms with Crippen LogP contribution in [0.2, 0.25) is 0 Å². The van der Waals surface area contributed by atoms with Crippen LogP contribution in [0.15, 0.2) is 41.8 Å². The van der Waals surface area contributed by atoms with Crippen LogP contribution in [0.1, 0.15) is 51.3 Å². The second kappa shape index (κ2) is 10.2. The van der Waals surface area contributed by atoms with Gasteiger partial charge in [0.15, 0.2) is 0 Å². The van der Waals surface area contributed by atoms with Crippen molar-refractivity contribution >= 4 is 28.9 Å². The van der Waals surface area contributed by atoms with Crippen LogP contribution in [-0.4, -0.2) is 78.1 Å². The molecule has 0 bridgehead atoms. The Bertz CT molecular complexity index is 912. The molecule has 0 radical (unpaired) electrons. The first-order chi connectivity index (χ1) is 15.1. The molecule has 0 saturated carbocycles. The smallest absolute Gasteiger partial charge is 0.254 e. The number of rotatable bonds is 5. The Labute approximate surface area is 187 Å². The van der Waals surface area contributed by atoms with E-state index in [0.717, 1.165) is 25.9 Å². The minimum atomic E-state index is -0.112. The molecule has 2 aliphatic rings. The lowest BCUT2D eigenvalue weighted by molar-refractivity contribution is -0.132. The first kappa shape index (κ1) is 21.7. The molecule has 6 nitrogen and oxygen atoms in total. The molecule has 1 aromatic carbocycles. The van der Waals surface area contributed by atoms with Gasteiger partial charge in [0.2, 0.25) is 11.7 Å². The standard InChI is InChI=1S/C24H29N3O3S/c28-22(26-11-5-1-2-6-12-26)18-25-13-15-27(16-14-25)24(30)20-9-4-3-8-19(20)23(29)21-10-7-17-31-21/h3-4,7-10,17H,1-2,5-6,11-16,18H2. The molecule has 0 aliphatic carbocycles. The normalized spacial score (nSPS) is 17.9. The predicted octanol–water partition coefficient (Wildman–Crippen LogP) is 3.14. The van der Waals surface area contributed by atoms with Crippen molar-refractivity contribution in [2.24, 2.45) is 0 Å². The van der Waals surface area contributed by atoms with E-state index < -0.39 is 0 Å². The van der Waals surface area contributed by atoms with Crippen molar-refractivity contribution in [3.05, 3.63) is 57.8 Å². The second-order valence-corrected chi connectivity index (χ2v) is 9.16. The molecular weight excluding hydrogens is 410 g/mol. The number of benzene rings is 1. The Morgan fingerprint density at radius 3 is 2.06 bits per heavy atom. The number of carbonyl (C=O) groups is 3. The first-order valence-corrected chi connectivity index (χ1v) is 12.0. The molecule has 4 rings (SSSR count). The highest BCUT2D eigenvalue weighted by Gasteiger charge is 2.27. The molecular formula is C24H29N3O3S. The molecule has 2 fully saturated rings. The molecule has 2 amide bonds. The summed E-state index contributed by atoms with van der Waals surface area (Å²) >= 11 is 1.38. The summed E-state index contributed by atoms with van der Waals surface area (Å²) < 4.78 is 0. The van der Waals surface area contributed by atoms with Crippen molar-refractivity contribution in [3.63, 3.8) is 0 Å². The molecule has 31 heavy (non-hydrogen) atoms. The Morgan fingerprint density at radius 2 is 1.42 bits per heavy atom. The number of carbonyl (C=O) groups excluding carboxylic acids is 3. The van der Waals surface area contributed by atoms with E-state index in [1.165, 1.54) is 24.2 Å². The van der Waals surface area contributed by atoms with E-state index in [-0.39, 0.29) is 17.6 Å². The molecule has 0 unspecified atom stereocenters. The van der Waals surface area contributed by atoms with E-state index in [9.17, 15) is 14.4 Å². The molecule has 164 valence electrons. The van der Waals surface area contributed by atoms with Crippen molar-refractivity contribution in [2.45, 2.75) is 25.7 Å². The van der Waals surface area contributed by atoms with Crippen LogP contribution >= 0.6 is 11.3 Å². The fraction of sp³-hybridized carbons (Fsp3) is 0.458. The Balaban J connectivity index is 1.36. The van der Waals surface area contributed by atoms with E-state index in [4.69, 9.17) is 0 Å². The number of hydrogen-bond donors (Lipinski definition) is 0. The number of thiophene rings is 1. The van der Waals surface area contributed by atoms with Crippen LogP contribution in [-0.2, 0) is 4.79 Å². The maximum Gasteiger partial charge on any atom is 0.254 e. The zero-order valence-corrected chi connectivity index (χ0v) is 18.6. The van der Waals surface area contributed by atoms with Gasteiger partial charge in [-0.15, -0.1) is 11.3 Å². The molecule has 0 atom stereocenters. The average molecular weight is 440 g/mol. The topological polar surface area (TPSA) is 60.9 Å². The zero-order valence-electron chi connectivity index (χ0n) is 17.8. The SMILES string of the molecule is O=C(c1cccs1)c1ccccc1C(=O)N1CCN(CC(=O)N2CCCCCC2)CC1. The maximum atomic E-state index is 13.2. The number of piperazine rings is 1. The van der Waals surface area contributed by atoms with Crippen molar-refractivity contribution < 1.29 is 14.4 Å². The summed E-state index contributed by atoms with van der Waals surface area (Å²) in [5.74, 6) is -0.0202. The van der Waals surface area contributed by atoms with Crippen LogP contribution in [0.5, 0.6) is 0 Å². The number of nitrogens with zero attached hydrogens (tertiary/aromatic N) is 3. The van der Waals surface area contributed by atoms with Gasteiger partial charge in [-0.3, -0.25) is 19.3 Å². The Hall–Kier alpha value is -2.51. The molecule has 1 aromatic heterocycles. The summed E-state index contributed by atoms with van der Waals surface area (Å²) in [6, 6.07) is 10.7. The lowest BCUT2D eigenvalue weighted by Gasteiger charge is -2.35. The van der Waals surface area contributed by atoms with Gasteiger partial charge < -0.3 is 9.80 Å². The summed E-state index contributed by atoms with van der Waals surface area (Å²) in [7, 11) is 0. The summed E-state index contributed by atoms with van der Waals surface area (Å²) in [4.78, 5) is 45.3. The van der Waals surface area contributed by atoms with Crippen molar-refractivity contribution in [1.82, 2.24) is 14.7 Å². The van der Waals surface area contributed by atoms with Crippen molar-refractivity contribution in [3.8, 4) is 0 Å². The van der Waals surface area contributed by atoms with Crippen LogP contribution in [0, 0.1) is 0 Å². The summed E-state index contributed by atoms with van der Waals surface area (Å²) in [5.41, 5.74) is 0.906. The molecule has 7 heteroatoms. The highest BCUT2D eigenvalue weighted by Crippen LogP contribution is 2.20. The predicted molar refractivity (Wildman–Crippen MR) is 122 cm³/mol. The number of ketones is 1. The zero-order chi connectivity index (χ0) is 21.6. The summed E-state index contributed by atoms with van der Waals surface area (Å²) in [6.45, 7) is 4.63. The third-order valence-electron chi connectivity index (χ3n) is 6.12. The highest BCUT2D eigenvalue weighted by molar-refractivity contribution is 7.12. The monoisotopic (exact) mass is 439 g/mol. The molecule has 0 N–H and O–H groups in total. The van der Waals surface area contributed by atoms with Gasteiger partial charge >= 0.3 is 0 Å². The third-order valence-corrected chi connectivity index (χ3v) is 6.99. The van der Waals surface area contributed by atoms with E-state index >= 15 is 0 Å². The maximum absolute atomic E-state index is 13.2. The lowest BCUT2D eigenvalue weighted by Crippen LogP contribution is -2.51. The quantitative estimate of drug-likeness (QED) is 0.672. The van der Waals surface area contributed by atoms with Gasteiger partial charge in [0, 0.05) is 44.8 Å². The van der Waals surface area contributed by atoms with Gasteiger partial charge in [-0.1, -0.05) is 37.1 Å². The summed E-state index contributed by atoms with van der Waals surface area (Å²) in [5, 5.41) is 1.86. The average Bonchev–Trinajstić information content (AvgIpc) is 3.21. The van der Waals surface area contributed by atoms with Gasteiger partial charge in [-0.2, -0.15) is 0 Å². The lowest BCUT2D eigenvalue weighted by atomic mass is 10.0. The largest absolute Gasteiger partial charge is 0.342 e. The molecule has 2 saturated heterocycles. The van der Waals surface area contributed by atoms with Crippen LogP contribution in [0.4, 0.5) is 0 Å². The molecule has 0 spiro atoms. The number of amides is 2. The van der Waals surface area contributed by atoms with Gasteiger partial charge in [0.25, 0.3) is 5.91 Å². The van der Waals surface area contributed by atoms with Crippen molar-refractivity contribution in [1.29, 1.82) is 0 Å². The Morgan fingerprint density at radius 1 is 0.742 bits per heavy atom. The fourth-order valence-corrected chi connectivity index (χ4v) is 4.98. The summed E-state index contributed by atoms with van der Waals surface area (Å²) in [6.07, 6.45) is 4.61. The number of hydrogen-bond acceptors (Lipinski definition) is 5. The van der Waals surface area contributed by atoms with Crippen LogP contribution < -0.4 is 0 Å². The molecule has 3 heterocycles. The van der Waals surface area contributed by atoms with Gasteiger partial charge in [-0.25, -0.2) is 0 Å². The Kier molecular flexibility index (Phi) is 7.14. The van der Waals surface area contributed by atoms with E-state index in [1.54, 1.807) is 35.2 Å². The third kappa shape index (κ3) is 5.22. The van der Waals surface area contributed by atoms with Crippen molar-refractivity contribution in [2.75, 3.05) is 45.8 Å². The molecule has 2 aromatic rings. The number of likely N-dealkylation sites (tertiary alicyclic amines) is 1. The van der Waals surface area contributed by atoms with Gasteiger partial charge in [0.1, 0.15) is 0 Å². The van der Waals surface area contributed by atoms with Crippen LogP contribution in [0.3, 0.4) is 0 Å². The van der Waals surface area contributed by atoms with E-state index in [0.29, 0.717) is 48.7 Å². The minimum absolute atomic E-state index is 0.111. The fourth-order valence-electron chi connectivity index (χ4n) is 4.30. The second-order valence-electron chi connectivity index (χ2n) is 8.22. The van der Waals surface area contributed by atoms with Gasteiger partial charge in [0.05, 0.1) is 17.0 Å². The van der Waals surface area contributed by atoms with E-state index in [2.05, 4.69) is 4.90 Å². The van der Waals surface area contributed by atoms with Crippen LogP contribution in [0.25, 0.3) is 0 Å². The minimum Gasteiger partial charge on any atom is -0.342 e. The van der Waals surface area contributed by atoms with E-state index in [1.807, 2.05) is 16.3 Å². The van der Waals surface area contributed by atoms with Gasteiger partial charge in [-0.05, 0) is 30.4 Å². The first-order valence-electron chi connectivity index (χ1n) is 11.1. The molecule has 2 aliphatic heterocycles.